The number of halogens is 3. The molecule has 100 valence electrons. The Kier molecular flexibility index (Phi) is 3.46. The molecule has 7 heteroatoms. The summed E-state index contributed by atoms with van der Waals surface area (Å²) in [6, 6.07) is 4.86. The largest absolute Gasteiger partial charge is 0.481 e. The highest BCUT2D eigenvalue weighted by molar-refractivity contribution is 5.69. The van der Waals surface area contributed by atoms with E-state index < -0.39 is 17.5 Å². The number of aromatic nitrogens is 1. The fraction of sp³-hybridized carbons (Fsp3) is 0.0833. The van der Waals surface area contributed by atoms with Crippen molar-refractivity contribution in [2.24, 2.45) is 0 Å². The first-order chi connectivity index (χ1) is 9.02. The number of anilines is 3. The molecule has 0 bridgehead atoms. The van der Waals surface area contributed by atoms with Crippen LogP contribution >= 0.6 is 0 Å². The summed E-state index contributed by atoms with van der Waals surface area (Å²) < 4.78 is 44.2. The van der Waals surface area contributed by atoms with Crippen LogP contribution < -0.4 is 15.8 Å². The molecule has 4 nitrogen and oxygen atoms in total. The quantitative estimate of drug-likeness (QED) is 0.841. The number of pyridine rings is 1. The highest BCUT2D eigenvalue weighted by Gasteiger charge is 2.14. The molecule has 0 saturated heterocycles. The first-order valence-electron chi connectivity index (χ1n) is 5.24. The van der Waals surface area contributed by atoms with Crippen LogP contribution in [0, 0.1) is 17.5 Å². The minimum Gasteiger partial charge on any atom is -0.481 e. The van der Waals surface area contributed by atoms with E-state index in [1.54, 1.807) is 0 Å². The molecule has 2 rings (SSSR count). The molecule has 0 spiro atoms. The molecule has 0 aliphatic carbocycles. The standard InChI is InChI=1S/C12H10F3N3O/c1-19-9-5-3-7(16)12(18-9)17-8-4-2-6(13)10(14)11(8)15/h2-5H,16H2,1H3,(H,17,18). The maximum atomic E-state index is 13.5. The SMILES string of the molecule is COc1ccc(N)c(Nc2ccc(F)c(F)c2F)n1. The van der Waals surface area contributed by atoms with E-state index in [0.29, 0.717) is 0 Å². The van der Waals surface area contributed by atoms with Crippen LogP contribution in [-0.2, 0) is 0 Å². The summed E-state index contributed by atoms with van der Waals surface area (Å²) >= 11 is 0. The topological polar surface area (TPSA) is 60.2 Å². The summed E-state index contributed by atoms with van der Waals surface area (Å²) in [6.07, 6.45) is 0. The van der Waals surface area contributed by atoms with Gasteiger partial charge in [-0.3, -0.25) is 0 Å². The van der Waals surface area contributed by atoms with Gasteiger partial charge in [0.05, 0.1) is 18.5 Å². The van der Waals surface area contributed by atoms with Crippen molar-refractivity contribution in [1.82, 2.24) is 4.98 Å². The molecule has 0 unspecified atom stereocenters. The maximum absolute atomic E-state index is 13.5. The Morgan fingerprint density at radius 1 is 1.11 bits per heavy atom. The summed E-state index contributed by atoms with van der Waals surface area (Å²) in [6.45, 7) is 0. The van der Waals surface area contributed by atoms with Crippen LogP contribution in [0.4, 0.5) is 30.4 Å². The number of ether oxygens (including phenoxy) is 1. The minimum absolute atomic E-state index is 0.0873. The zero-order valence-electron chi connectivity index (χ0n) is 9.88. The van der Waals surface area contributed by atoms with E-state index in [9.17, 15) is 13.2 Å². The number of rotatable bonds is 3. The predicted octanol–water partition coefficient (Wildman–Crippen LogP) is 2.83. The van der Waals surface area contributed by atoms with Crippen molar-refractivity contribution >= 4 is 17.2 Å². The monoisotopic (exact) mass is 269 g/mol. The third-order valence-electron chi connectivity index (χ3n) is 2.40. The second-order valence-corrected chi connectivity index (χ2v) is 3.64. The number of benzene rings is 1. The lowest BCUT2D eigenvalue weighted by Crippen LogP contribution is -2.03. The van der Waals surface area contributed by atoms with E-state index in [-0.39, 0.29) is 23.1 Å². The Morgan fingerprint density at radius 2 is 1.84 bits per heavy atom. The van der Waals surface area contributed by atoms with Gasteiger partial charge in [0, 0.05) is 6.07 Å². The van der Waals surface area contributed by atoms with Gasteiger partial charge in [-0.1, -0.05) is 0 Å². The number of nitrogens with one attached hydrogen (secondary N) is 1. The summed E-state index contributed by atoms with van der Waals surface area (Å²) in [5, 5.41) is 2.49. The van der Waals surface area contributed by atoms with Gasteiger partial charge in [0.2, 0.25) is 5.88 Å². The van der Waals surface area contributed by atoms with E-state index in [0.717, 1.165) is 12.1 Å². The zero-order chi connectivity index (χ0) is 14.0. The summed E-state index contributed by atoms with van der Waals surface area (Å²) in [4.78, 5) is 3.94. The fourth-order valence-electron chi connectivity index (χ4n) is 1.42. The Balaban J connectivity index is 2.39. The molecular weight excluding hydrogens is 259 g/mol. The molecular formula is C12H10F3N3O. The highest BCUT2D eigenvalue weighted by atomic mass is 19.2. The molecule has 1 aromatic heterocycles. The van der Waals surface area contributed by atoms with Gasteiger partial charge >= 0.3 is 0 Å². The summed E-state index contributed by atoms with van der Waals surface area (Å²) in [5.74, 6) is -3.84. The number of hydrogen-bond donors (Lipinski definition) is 2. The van der Waals surface area contributed by atoms with Gasteiger partial charge in [0.1, 0.15) is 0 Å². The van der Waals surface area contributed by atoms with Crippen molar-refractivity contribution < 1.29 is 17.9 Å². The second kappa shape index (κ2) is 5.05. The van der Waals surface area contributed by atoms with E-state index in [4.69, 9.17) is 10.5 Å². The molecule has 0 saturated carbocycles. The van der Waals surface area contributed by atoms with E-state index in [1.807, 2.05) is 0 Å². The average Bonchev–Trinajstić information content (AvgIpc) is 2.41. The summed E-state index contributed by atoms with van der Waals surface area (Å²) in [7, 11) is 1.40. The number of methoxy groups -OCH3 is 1. The van der Waals surface area contributed by atoms with Gasteiger partial charge in [-0.05, 0) is 18.2 Å². The molecule has 1 heterocycles. The molecule has 0 fully saturated rings. The third kappa shape index (κ3) is 2.54. The highest BCUT2D eigenvalue weighted by Crippen LogP contribution is 2.27. The van der Waals surface area contributed by atoms with Gasteiger partial charge in [-0.25, -0.2) is 13.2 Å². The number of nitrogen functional groups attached to an aromatic ring is 1. The van der Waals surface area contributed by atoms with Crippen LogP contribution in [0.1, 0.15) is 0 Å². The van der Waals surface area contributed by atoms with Gasteiger partial charge < -0.3 is 15.8 Å². The van der Waals surface area contributed by atoms with Crippen LogP contribution in [0.3, 0.4) is 0 Å². The van der Waals surface area contributed by atoms with Crippen LogP contribution in [0.25, 0.3) is 0 Å². The van der Waals surface area contributed by atoms with Gasteiger partial charge in [0.15, 0.2) is 23.3 Å². The van der Waals surface area contributed by atoms with Crippen molar-refractivity contribution in [3.8, 4) is 5.88 Å². The fourth-order valence-corrected chi connectivity index (χ4v) is 1.42. The maximum Gasteiger partial charge on any atom is 0.215 e. The van der Waals surface area contributed by atoms with E-state index in [2.05, 4.69) is 10.3 Å². The Hall–Kier alpha value is -2.44. The van der Waals surface area contributed by atoms with Crippen molar-refractivity contribution in [2.75, 3.05) is 18.2 Å². The Morgan fingerprint density at radius 3 is 2.53 bits per heavy atom. The van der Waals surface area contributed by atoms with Crippen LogP contribution in [0.15, 0.2) is 24.3 Å². The minimum atomic E-state index is -1.56. The average molecular weight is 269 g/mol. The molecule has 0 aliphatic rings. The lowest BCUT2D eigenvalue weighted by Gasteiger charge is -2.10. The van der Waals surface area contributed by atoms with Crippen molar-refractivity contribution in [3.05, 3.63) is 41.7 Å². The Bertz CT molecular complexity index is 619. The first-order valence-corrected chi connectivity index (χ1v) is 5.24. The van der Waals surface area contributed by atoms with Gasteiger partial charge in [-0.2, -0.15) is 4.98 Å². The first kappa shape index (κ1) is 13.0. The normalized spacial score (nSPS) is 10.3. The molecule has 0 aliphatic heterocycles. The third-order valence-corrected chi connectivity index (χ3v) is 2.40. The molecule has 0 radical (unpaired) electrons. The lowest BCUT2D eigenvalue weighted by atomic mass is 10.2. The van der Waals surface area contributed by atoms with Crippen molar-refractivity contribution in [2.45, 2.75) is 0 Å². The van der Waals surface area contributed by atoms with Crippen LogP contribution in [0.5, 0.6) is 5.88 Å². The Labute approximate surface area is 107 Å². The van der Waals surface area contributed by atoms with Crippen molar-refractivity contribution in [1.29, 1.82) is 0 Å². The predicted molar refractivity (Wildman–Crippen MR) is 64.8 cm³/mol. The van der Waals surface area contributed by atoms with Gasteiger partial charge in [0.25, 0.3) is 0 Å². The van der Waals surface area contributed by atoms with E-state index in [1.165, 1.54) is 19.2 Å². The molecule has 1 aromatic carbocycles. The molecule has 0 amide bonds. The number of hydrogen-bond acceptors (Lipinski definition) is 4. The number of nitrogens with zero attached hydrogens (tertiary/aromatic N) is 1. The van der Waals surface area contributed by atoms with Crippen LogP contribution in [-0.4, -0.2) is 12.1 Å². The molecule has 3 N–H and O–H groups in total. The van der Waals surface area contributed by atoms with E-state index >= 15 is 0 Å². The zero-order valence-corrected chi connectivity index (χ0v) is 9.88. The molecule has 2 aromatic rings. The van der Waals surface area contributed by atoms with Crippen LogP contribution in [0.2, 0.25) is 0 Å². The smallest absolute Gasteiger partial charge is 0.215 e. The molecule has 19 heavy (non-hydrogen) atoms. The number of nitrogens with two attached hydrogens (primary N) is 1. The second-order valence-electron chi connectivity index (χ2n) is 3.64. The van der Waals surface area contributed by atoms with Crippen molar-refractivity contribution in [3.63, 3.8) is 0 Å². The summed E-state index contributed by atoms with van der Waals surface area (Å²) in [5.41, 5.74) is 5.58. The lowest BCUT2D eigenvalue weighted by molar-refractivity contribution is 0.398. The van der Waals surface area contributed by atoms with Gasteiger partial charge in [-0.15, -0.1) is 0 Å². The molecule has 0 atom stereocenters.